The zero-order valence-corrected chi connectivity index (χ0v) is 15.1. The Bertz CT molecular complexity index is 624. The first-order valence-electron chi connectivity index (χ1n) is 8.66. The molecular formula is C18H25N3O5. The van der Waals surface area contributed by atoms with E-state index in [9.17, 15) is 14.4 Å². The Labute approximate surface area is 152 Å². The molecule has 1 aromatic rings. The van der Waals surface area contributed by atoms with E-state index in [4.69, 9.17) is 9.47 Å². The van der Waals surface area contributed by atoms with Crippen molar-refractivity contribution in [3.63, 3.8) is 0 Å². The molecule has 1 saturated heterocycles. The topological polar surface area (TPSA) is 97.0 Å². The molecule has 0 aromatic heterocycles. The number of rotatable bonds is 5. The summed E-state index contributed by atoms with van der Waals surface area (Å²) in [6.07, 6.45) is 0.849. The number of piperidine rings is 1. The molecule has 0 saturated carbocycles. The van der Waals surface area contributed by atoms with Crippen LogP contribution in [-0.4, -0.2) is 55.7 Å². The van der Waals surface area contributed by atoms with E-state index in [1.54, 1.807) is 31.1 Å². The lowest BCUT2D eigenvalue weighted by Gasteiger charge is -2.31. The van der Waals surface area contributed by atoms with Crippen molar-refractivity contribution in [2.45, 2.75) is 32.4 Å². The number of ether oxygens (including phenoxy) is 2. The van der Waals surface area contributed by atoms with Crippen LogP contribution in [0.4, 0.5) is 4.79 Å². The summed E-state index contributed by atoms with van der Waals surface area (Å²) in [7, 11) is 1.58. The van der Waals surface area contributed by atoms with Gasteiger partial charge in [0, 0.05) is 25.7 Å². The Morgan fingerprint density at radius 2 is 1.77 bits per heavy atom. The lowest BCUT2D eigenvalue weighted by molar-refractivity contribution is -0.139. The van der Waals surface area contributed by atoms with Crippen LogP contribution in [0.2, 0.25) is 0 Å². The zero-order chi connectivity index (χ0) is 18.9. The fraction of sp³-hybridized carbons (Fsp3) is 0.500. The standard InChI is InChI=1S/C18H25N3O5/c1-3-26-18(24)21-10-8-14(9-11-21)20-17(23)16(22)19-12-13-4-6-15(25-2)7-5-13/h4-7,14H,3,8-12H2,1-2H3,(H,19,22)(H,20,23). The number of nitrogens with zero attached hydrogens (tertiary/aromatic N) is 1. The van der Waals surface area contributed by atoms with E-state index in [2.05, 4.69) is 10.6 Å². The van der Waals surface area contributed by atoms with Gasteiger partial charge in [0.15, 0.2) is 0 Å². The van der Waals surface area contributed by atoms with Gasteiger partial charge in [0.25, 0.3) is 0 Å². The van der Waals surface area contributed by atoms with Crippen molar-refractivity contribution in [2.75, 3.05) is 26.8 Å². The van der Waals surface area contributed by atoms with Crippen molar-refractivity contribution in [1.82, 2.24) is 15.5 Å². The lowest BCUT2D eigenvalue weighted by atomic mass is 10.1. The van der Waals surface area contributed by atoms with E-state index >= 15 is 0 Å². The molecule has 1 aliphatic rings. The van der Waals surface area contributed by atoms with Gasteiger partial charge in [0.2, 0.25) is 0 Å². The molecule has 0 spiro atoms. The van der Waals surface area contributed by atoms with Crippen molar-refractivity contribution in [3.05, 3.63) is 29.8 Å². The maximum absolute atomic E-state index is 12.0. The summed E-state index contributed by atoms with van der Waals surface area (Å²) in [6.45, 7) is 3.35. The average Bonchev–Trinajstić information content (AvgIpc) is 2.67. The molecule has 26 heavy (non-hydrogen) atoms. The molecule has 2 rings (SSSR count). The summed E-state index contributed by atoms with van der Waals surface area (Å²) < 4.78 is 10.0. The number of likely N-dealkylation sites (tertiary alicyclic amines) is 1. The Morgan fingerprint density at radius 3 is 2.35 bits per heavy atom. The third-order valence-electron chi connectivity index (χ3n) is 4.17. The molecule has 8 nitrogen and oxygen atoms in total. The van der Waals surface area contributed by atoms with Gasteiger partial charge in [-0.25, -0.2) is 4.79 Å². The maximum atomic E-state index is 12.0. The average molecular weight is 363 g/mol. The van der Waals surface area contributed by atoms with Gasteiger partial charge >= 0.3 is 17.9 Å². The number of nitrogens with one attached hydrogen (secondary N) is 2. The zero-order valence-electron chi connectivity index (χ0n) is 15.1. The molecule has 1 fully saturated rings. The van der Waals surface area contributed by atoms with E-state index in [1.807, 2.05) is 12.1 Å². The van der Waals surface area contributed by atoms with Gasteiger partial charge in [-0.1, -0.05) is 12.1 Å². The van der Waals surface area contributed by atoms with Gasteiger partial charge in [-0.3, -0.25) is 9.59 Å². The minimum atomic E-state index is -0.673. The largest absolute Gasteiger partial charge is 0.497 e. The molecular weight excluding hydrogens is 338 g/mol. The van der Waals surface area contributed by atoms with Crippen LogP contribution in [-0.2, 0) is 20.9 Å². The van der Waals surface area contributed by atoms with Gasteiger partial charge in [0.1, 0.15) is 5.75 Å². The maximum Gasteiger partial charge on any atom is 0.409 e. The number of carbonyl (C=O) groups is 3. The molecule has 1 aliphatic heterocycles. The quantitative estimate of drug-likeness (QED) is 0.762. The first kappa shape index (κ1) is 19.6. The van der Waals surface area contributed by atoms with Gasteiger partial charge < -0.3 is 25.0 Å². The van der Waals surface area contributed by atoms with Crippen molar-refractivity contribution in [3.8, 4) is 5.75 Å². The molecule has 0 atom stereocenters. The molecule has 142 valence electrons. The van der Waals surface area contributed by atoms with E-state index in [-0.39, 0.29) is 18.7 Å². The van der Waals surface area contributed by atoms with Gasteiger partial charge in [-0.15, -0.1) is 0 Å². The molecule has 3 amide bonds. The molecule has 0 aliphatic carbocycles. The van der Waals surface area contributed by atoms with E-state index < -0.39 is 11.8 Å². The summed E-state index contributed by atoms with van der Waals surface area (Å²) in [6, 6.07) is 7.10. The summed E-state index contributed by atoms with van der Waals surface area (Å²) in [5, 5.41) is 5.31. The third-order valence-corrected chi connectivity index (χ3v) is 4.17. The SMILES string of the molecule is CCOC(=O)N1CCC(NC(=O)C(=O)NCc2ccc(OC)cc2)CC1. The van der Waals surface area contributed by atoms with Crippen LogP contribution in [0.15, 0.2) is 24.3 Å². The van der Waals surface area contributed by atoms with Crippen LogP contribution in [0.1, 0.15) is 25.3 Å². The second-order valence-corrected chi connectivity index (χ2v) is 5.96. The molecule has 0 radical (unpaired) electrons. The van der Waals surface area contributed by atoms with Crippen LogP contribution in [0.25, 0.3) is 0 Å². The monoisotopic (exact) mass is 363 g/mol. The van der Waals surface area contributed by atoms with Crippen LogP contribution in [0.3, 0.4) is 0 Å². The number of carbonyl (C=O) groups excluding carboxylic acids is 3. The highest BCUT2D eigenvalue weighted by molar-refractivity contribution is 6.35. The summed E-state index contributed by atoms with van der Waals surface area (Å²) in [5.74, 6) is -0.603. The molecule has 2 N–H and O–H groups in total. The van der Waals surface area contributed by atoms with Crippen LogP contribution >= 0.6 is 0 Å². The Hall–Kier alpha value is -2.77. The predicted octanol–water partition coefficient (Wildman–Crippen LogP) is 1.05. The van der Waals surface area contributed by atoms with Crippen LogP contribution < -0.4 is 15.4 Å². The Kier molecular flexibility index (Phi) is 7.25. The van der Waals surface area contributed by atoms with Gasteiger partial charge in [-0.05, 0) is 37.5 Å². The molecule has 8 heteroatoms. The van der Waals surface area contributed by atoms with Crippen molar-refractivity contribution in [1.29, 1.82) is 0 Å². The smallest absolute Gasteiger partial charge is 0.409 e. The highest BCUT2D eigenvalue weighted by atomic mass is 16.6. The lowest BCUT2D eigenvalue weighted by Crippen LogP contribution is -2.50. The Balaban J connectivity index is 1.72. The normalized spacial score (nSPS) is 14.5. The number of methoxy groups -OCH3 is 1. The second kappa shape index (κ2) is 9.65. The van der Waals surface area contributed by atoms with Gasteiger partial charge in [-0.2, -0.15) is 0 Å². The van der Waals surface area contributed by atoms with Crippen LogP contribution in [0, 0.1) is 0 Å². The molecule has 1 heterocycles. The first-order valence-corrected chi connectivity index (χ1v) is 8.66. The fourth-order valence-electron chi connectivity index (χ4n) is 2.68. The van der Waals surface area contributed by atoms with Crippen molar-refractivity contribution >= 4 is 17.9 Å². The van der Waals surface area contributed by atoms with E-state index in [0.717, 1.165) is 11.3 Å². The number of benzene rings is 1. The van der Waals surface area contributed by atoms with Crippen molar-refractivity contribution < 1.29 is 23.9 Å². The first-order chi connectivity index (χ1) is 12.5. The molecule has 0 bridgehead atoms. The van der Waals surface area contributed by atoms with Gasteiger partial charge in [0.05, 0.1) is 13.7 Å². The highest BCUT2D eigenvalue weighted by Crippen LogP contribution is 2.12. The minimum Gasteiger partial charge on any atom is -0.497 e. The van der Waals surface area contributed by atoms with E-state index in [1.165, 1.54) is 0 Å². The number of hydrogen-bond donors (Lipinski definition) is 2. The fourth-order valence-corrected chi connectivity index (χ4v) is 2.68. The Morgan fingerprint density at radius 1 is 1.12 bits per heavy atom. The number of hydrogen-bond acceptors (Lipinski definition) is 5. The molecule has 0 unspecified atom stereocenters. The number of amides is 3. The summed E-state index contributed by atoms with van der Waals surface area (Å²) >= 11 is 0. The van der Waals surface area contributed by atoms with Crippen LogP contribution in [0.5, 0.6) is 5.75 Å². The second-order valence-electron chi connectivity index (χ2n) is 5.96. The third kappa shape index (κ3) is 5.65. The summed E-state index contributed by atoms with van der Waals surface area (Å²) in [4.78, 5) is 37.2. The predicted molar refractivity (Wildman–Crippen MR) is 94.6 cm³/mol. The molecule has 1 aromatic carbocycles. The van der Waals surface area contributed by atoms with E-state index in [0.29, 0.717) is 32.5 Å². The summed E-state index contributed by atoms with van der Waals surface area (Å²) in [5.41, 5.74) is 0.870. The highest BCUT2D eigenvalue weighted by Gasteiger charge is 2.26. The minimum absolute atomic E-state index is 0.125. The van der Waals surface area contributed by atoms with Crippen molar-refractivity contribution in [2.24, 2.45) is 0 Å².